The Morgan fingerprint density at radius 2 is 1.92 bits per heavy atom. The number of anilines is 1. The summed E-state index contributed by atoms with van der Waals surface area (Å²) in [6.45, 7) is -3.05. The third-order valence-electron chi connectivity index (χ3n) is 3.40. The first-order valence-electron chi connectivity index (χ1n) is 6.95. The lowest BCUT2D eigenvalue weighted by molar-refractivity contribution is -0.136. The van der Waals surface area contributed by atoms with Gasteiger partial charge >= 0.3 is 18.4 Å². The van der Waals surface area contributed by atoms with Gasteiger partial charge in [-0.15, -0.1) is 0 Å². The summed E-state index contributed by atoms with van der Waals surface area (Å²) in [5, 5.41) is 5.15. The smallest absolute Gasteiger partial charge is 0.417 e. The van der Waals surface area contributed by atoms with Crippen molar-refractivity contribution in [2.45, 2.75) is 12.7 Å². The molecule has 0 bridgehead atoms. The van der Waals surface area contributed by atoms with Crippen molar-refractivity contribution in [3.63, 3.8) is 0 Å². The molecule has 6 nitrogen and oxygen atoms in total. The van der Waals surface area contributed by atoms with Gasteiger partial charge in [0.2, 0.25) is 0 Å². The molecule has 1 aromatic carbocycles. The summed E-state index contributed by atoms with van der Waals surface area (Å²) >= 11 is 0. The number of nitrogens with one attached hydrogen (secondary N) is 1. The van der Waals surface area contributed by atoms with Gasteiger partial charge in [0.05, 0.1) is 5.56 Å². The van der Waals surface area contributed by atoms with E-state index in [1.165, 1.54) is 0 Å². The van der Waals surface area contributed by atoms with Crippen molar-refractivity contribution >= 4 is 22.6 Å². The van der Waals surface area contributed by atoms with Crippen LogP contribution in [0.3, 0.4) is 0 Å². The molecule has 11 heteroatoms. The first-order chi connectivity index (χ1) is 12.2. The van der Waals surface area contributed by atoms with E-state index in [1.54, 1.807) is 0 Å². The molecule has 0 aliphatic rings. The summed E-state index contributed by atoms with van der Waals surface area (Å²) in [6, 6.07) is 4.48. The van der Waals surface area contributed by atoms with Crippen LogP contribution < -0.4 is 10.9 Å². The molecule has 3 rings (SSSR count). The Labute approximate surface area is 140 Å². The average Bonchev–Trinajstić information content (AvgIpc) is 3.02. The van der Waals surface area contributed by atoms with Crippen LogP contribution in [0.4, 0.5) is 27.6 Å². The van der Waals surface area contributed by atoms with Gasteiger partial charge in [-0.2, -0.15) is 31.7 Å². The monoisotopic (exact) mass is 373 g/mol. The number of carbonyl (C=O) groups is 1. The van der Waals surface area contributed by atoms with Crippen LogP contribution >= 0.6 is 0 Å². The first-order valence-corrected chi connectivity index (χ1v) is 6.95. The van der Waals surface area contributed by atoms with E-state index in [2.05, 4.69) is 10.4 Å². The number of rotatable bonds is 3. The second-order valence-electron chi connectivity index (χ2n) is 5.08. The van der Waals surface area contributed by atoms with Crippen molar-refractivity contribution in [1.29, 1.82) is 0 Å². The highest BCUT2D eigenvalue weighted by molar-refractivity contribution is 6.03. The Bertz CT molecular complexity index is 1040. The second kappa shape index (κ2) is 6.24. The lowest BCUT2D eigenvalue weighted by Crippen LogP contribution is -2.18. The van der Waals surface area contributed by atoms with E-state index < -0.39 is 41.1 Å². The number of aromatic nitrogens is 2. The fourth-order valence-corrected chi connectivity index (χ4v) is 2.32. The maximum absolute atomic E-state index is 13.0. The molecule has 0 unspecified atom stereocenters. The molecule has 2 aromatic heterocycles. The largest absolute Gasteiger partial charge is 0.423 e. The number of halogens is 5. The highest BCUT2D eigenvalue weighted by Crippen LogP contribution is 2.34. The standard InChI is InChI=1S/C15H8F5N3O3/c16-14(17)23-10(3-4-21-23)13(25)22-7-1-2-8-9(15(18,19)20)6-12(24)26-11(8)5-7/h1-6,14H,(H,22,25). The van der Waals surface area contributed by atoms with Crippen molar-refractivity contribution in [2.75, 3.05) is 5.32 Å². The zero-order valence-electron chi connectivity index (χ0n) is 12.6. The number of amides is 1. The van der Waals surface area contributed by atoms with E-state index in [-0.39, 0.29) is 15.8 Å². The number of hydrogen-bond donors (Lipinski definition) is 1. The van der Waals surface area contributed by atoms with Crippen LogP contribution in [0.1, 0.15) is 22.6 Å². The normalized spacial score (nSPS) is 11.9. The molecule has 0 saturated carbocycles. The molecule has 0 aliphatic carbocycles. The van der Waals surface area contributed by atoms with Crippen LogP contribution in [-0.2, 0) is 6.18 Å². The van der Waals surface area contributed by atoms with Gasteiger partial charge in [0.1, 0.15) is 11.3 Å². The van der Waals surface area contributed by atoms with Gasteiger partial charge < -0.3 is 9.73 Å². The Morgan fingerprint density at radius 1 is 1.19 bits per heavy atom. The summed E-state index contributed by atoms with van der Waals surface area (Å²) in [5.41, 5.74) is -3.32. The van der Waals surface area contributed by atoms with Crippen molar-refractivity contribution in [3.8, 4) is 0 Å². The molecule has 26 heavy (non-hydrogen) atoms. The highest BCUT2D eigenvalue weighted by atomic mass is 19.4. The molecular formula is C15H8F5N3O3. The van der Waals surface area contributed by atoms with E-state index in [9.17, 15) is 31.5 Å². The third-order valence-corrected chi connectivity index (χ3v) is 3.40. The molecular weight excluding hydrogens is 365 g/mol. The number of hydrogen-bond acceptors (Lipinski definition) is 4. The maximum atomic E-state index is 13.0. The SMILES string of the molecule is O=C(Nc1ccc2c(C(F)(F)F)cc(=O)oc2c1)c1ccnn1C(F)F. The predicted molar refractivity (Wildman–Crippen MR) is 78.9 cm³/mol. The molecule has 0 atom stereocenters. The summed E-state index contributed by atoms with van der Waals surface area (Å²) in [4.78, 5) is 23.4. The minimum Gasteiger partial charge on any atom is -0.423 e. The second-order valence-corrected chi connectivity index (χ2v) is 5.08. The van der Waals surface area contributed by atoms with E-state index >= 15 is 0 Å². The fourth-order valence-electron chi connectivity index (χ4n) is 2.32. The molecule has 0 saturated heterocycles. The molecule has 1 amide bonds. The zero-order valence-corrected chi connectivity index (χ0v) is 12.6. The molecule has 1 N–H and O–H groups in total. The number of fused-ring (bicyclic) bond motifs is 1. The maximum Gasteiger partial charge on any atom is 0.417 e. The Kier molecular flexibility index (Phi) is 4.22. The van der Waals surface area contributed by atoms with Gasteiger partial charge in [0.25, 0.3) is 5.91 Å². The van der Waals surface area contributed by atoms with Gasteiger partial charge in [-0.05, 0) is 18.2 Å². The molecule has 136 valence electrons. The number of nitrogens with zero attached hydrogens (tertiary/aromatic N) is 2. The summed E-state index contributed by atoms with van der Waals surface area (Å²) in [7, 11) is 0. The lowest BCUT2D eigenvalue weighted by atomic mass is 10.1. The fraction of sp³-hybridized carbons (Fsp3) is 0.133. The Hall–Kier alpha value is -3.24. The summed E-state index contributed by atoms with van der Waals surface area (Å²) in [6.07, 6.45) is -3.78. The molecule has 0 spiro atoms. The van der Waals surface area contributed by atoms with Crippen molar-refractivity contribution < 1.29 is 31.2 Å². The number of carbonyl (C=O) groups excluding carboxylic acids is 1. The van der Waals surface area contributed by atoms with E-state index in [0.717, 1.165) is 30.5 Å². The highest BCUT2D eigenvalue weighted by Gasteiger charge is 2.33. The quantitative estimate of drug-likeness (QED) is 0.562. The van der Waals surface area contributed by atoms with E-state index in [1.807, 2.05) is 0 Å². The Balaban J connectivity index is 1.98. The minimum atomic E-state index is -4.78. The number of alkyl halides is 5. The zero-order chi connectivity index (χ0) is 19.1. The molecule has 0 aliphatic heterocycles. The predicted octanol–water partition coefficient (Wildman–Crippen LogP) is 3.66. The molecule has 2 heterocycles. The van der Waals surface area contributed by atoms with Gasteiger partial charge in [-0.1, -0.05) is 0 Å². The van der Waals surface area contributed by atoms with Crippen LogP contribution in [0.25, 0.3) is 11.0 Å². The van der Waals surface area contributed by atoms with Crippen molar-refractivity contribution in [3.05, 3.63) is 58.2 Å². The van der Waals surface area contributed by atoms with Crippen LogP contribution in [0.5, 0.6) is 0 Å². The van der Waals surface area contributed by atoms with E-state index in [0.29, 0.717) is 6.07 Å². The third kappa shape index (κ3) is 3.27. The van der Waals surface area contributed by atoms with Crippen molar-refractivity contribution in [1.82, 2.24) is 9.78 Å². The van der Waals surface area contributed by atoms with Crippen LogP contribution in [0, 0.1) is 0 Å². The van der Waals surface area contributed by atoms with Gasteiger partial charge in [-0.3, -0.25) is 4.79 Å². The van der Waals surface area contributed by atoms with Crippen LogP contribution in [0.15, 0.2) is 45.7 Å². The van der Waals surface area contributed by atoms with Gasteiger partial charge in [0.15, 0.2) is 0 Å². The molecule has 0 fully saturated rings. The number of benzene rings is 1. The van der Waals surface area contributed by atoms with Gasteiger partial charge in [0, 0.05) is 29.4 Å². The molecule has 0 radical (unpaired) electrons. The topological polar surface area (TPSA) is 77.1 Å². The summed E-state index contributed by atoms with van der Waals surface area (Å²) in [5.74, 6) is -0.962. The van der Waals surface area contributed by atoms with Crippen molar-refractivity contribution in [2.24, 2.45) is 0 Å². The average molecular weight is 373 g/mol. The first kappa shape index (κ1) is 17.6. The lowest BCUT2D eigenvalue weighted by Gasteiger charge is -2.11. The van der Waals surface area contributed by atoms with Crippen LogP contribution in [0.2, 0.25) is 0 Å². The minimum absolute atomic E-state index is 0.0491. The molecule has 3 aromatic rings. The Morgan fingerprint density at radius 3 is 2.58 bits per heavy atom. The van der Waals surface area contributed by atoms with Gasteiger partial charge in [-0.25, -0.2) is 4.79 Å². The van der Waals surface area contributed by atoms with Crippen LogP contribution in [-0.4, -0.2) is 15.7 Å². The van der Waals surface area contributed by atoms with E-state index in [4.69, 9.17) is 4.42 Å². The summed E-state index contributed by atoms with van der Waals surface area (Å²) < 4.78 is 69.3.